The van der Waals surface area contributed by atoms with Crippen molar-refractivity contribution < 1.29 is 9.13 Å². The third kappa shape index (κ3) is 2.12. The first-order chi connectivity index (χ1) is 8.66. The minimum absolute atomic E-state index is 0.0859. The maximum atomic E-state index is 14.1. The predicted octanol–water partition coefficient (Wildman–Crippen LogP) is 3.17. The molecule has 0 unspecified atom stereocenters. The van der Waals surface area contributed by atoms with Crippen molar-refractivity contribution in [2.45, 2.75) is 44.4 Å². The summed E-state index contributed by atoms with van der Waals surface area (Å²) in [6.45, 7) is 2.60. The van der Waals surface area contributed by atoms with Crippen molar-refractivity contribution in [3.05, 3.63) is 29.1 Å². The Kier molecular flexibility index (Phi) is 3.91. The van der Waals surface area contributed by atoms with E-state index in [1.54, 1.807) is 6.07 Å². The summed E-state index contributed by atoms with van der Waals surface area (Å²) in [7, 11) is 1.53. The molecule has 2 nitrogen and oxygen atoms in total. The number of nitrogens with two attached hydrogens (primary N) is 1. The fourth-order valence-corrected chi connectivity index (χ4v) is 3.09. The van der Waals surface area contributed by atoms with Crippen molar-refractivity contribution in [2.75, 3.05) is 13.7 Å². The van der Waals surface area contributed by atoms with Crippen molar-refractivity contribution in [1.29, 1.82) is 0 Å². The molecule has 0 aromatic heterocycles. The van der Waals surface area contributed by atoms with Gasteiger partial charge in [-0.2, -0.15) is 0 Å². The first-order valence-corrected chi connectivity index (χ1v) is 6.74. The quantitative estimate of drug-likeness (QED) is 0.892. The van der Waals surface area contributed by atoms with Crippen LogP contribution in [0.4, 0.5) is 4.39 Å². The monoisotopic (exact) mass is 251 g/mol. The Labute approximate surface area is 108 Å². The summed E-state index contributed by atoms with van der Waals surface area (Å²) in [5, 5.41) is 0. The Morgan fingerprint density at radius 2 is 2.00 bits per heavy atom. The van der Waals surface area contributed by atoms with Crippen molar-refractivity contribution >= 4 is 0 Å². The van der Waals surface area contributed by atoms with Crippen molar-refractivity contribution in [3.63, 3.8) is 0 Å². The molecule has 0 atom stereocenters. The van der Waals surface area contributed by atoms with Gasteiger partial charge in [0.15, 0.2) is 11.6 Å². The van der Waals surface area contributed by atoms with Gasteiger partial charge in [-0.15, -0.1) is 0 Å². The summed E-state index contributed by atoms with van der Waals surface area (Å²) in [5.41, 5.74) is 7.89. The topological polar surface area (TPSA) is 35.2 Å². The van der Waals surface area contributed by atoms with Crippen LogP contribution < -0.4 is 10.5 Å². The zero-order chi connectivity index (χ0) is 13.2. The molecule has 0 radical (unpaired) electrons. The molecule has 1 aliphatic carbocycles. The van der Waals surface area contributed by atoms with E-state index in [-0.39, 0.29) is 11.2 Å². The predicted molar refractivity (Wildman–Crippen MR) is 71.5 cm³/mol. The van der Waals surface area contributed by atoms with Crippen molar-refractivity contribution in [2.24, 2.45) is 5.73 Å². The number of benzene rings is 1. The van der Waals surface area contributed by atoms with Crippen LogP contribution in [-0.4, -0.2) is 13.7 Å². The maximum absolute atomic E-state index is 14.1. The van der Waals surface area contributed by atoms with Crippen LogP contribution >= 0.6 is 0 Å². The Balaban J connectivity index is 2.56. The van der Waals surface area contributed by atoms with Gasteiger partial charge in [0.25, 0.3) is 0 Å². The van der Waals surface area contributed by atoms with Gasteiger partial charge < -0.3 is 10.5 Å². The van der Waals surface area contributed by atoms with Crippen molar-refractivity contribution in [1.82, 2.24) is 0 Å². The molecule has 3 heteroatoms. The third-order valence-electron chi connectivity index (χ3n) is 4.24. The van der Waals surface area contributed by atoms with E-state index >= 15 is 0 Å². The smallest absolute Gasteiger partial charge is 0.165 e. The van der Waals surface area contributed by atoms with Gasteiger partial charge in [-0.3, -0.25) is 0 Å². The summed E-state index contributed by atoms with van der Waals surface area (Å²) in [6.07, 6.45) is 5.23. The highest BCUT2D eigenvalue weighted by Gasteiger charge is 2.37. The molecular weight excluding hydrogens is 229 g/mol. The van der Waals surface area contributed by atoms with E-state index in [1.165, 1.54) is 20.0 Å². The van der Waals surface area contributed by atoms with Crippen LogP contribution in [0, 0.1) is 5.82 Å². The van der Waals surface area contributed by atoms with Crippen molar-refractivity contribution in [3.8, 4) is 5.75 Å². The van der Waals surface area contributed by atoms with Gasteiger partial charge in [-0.25, -0.2) is 4.39 Å². The summed E-state index contributed by atoms with van der Waals surface area (Å²) < 4.78 is 19.4. The maximum Gasteiger partial charge on any atom is 0.165 e. The Morgan fingerprint density at radius 1 is 1.33 bits per heavy atom. The molecule has 2 N–H and O–H groups in total. The van der Waals surface area contributed by atoms with Gasteiger partial charge in [0.2, 0.25) is 0 Å². The molecular formula is C15H22FNO. The number of hydrogen-bond acceptors (Lipinski definition) is 2. The van der Waals surface area contributed by atoms with E-state index in [4.69, 9.17) is 10.5 Å². The standard InChI is InChI=1S/C15H22FNO/c1-3-11-8-12(14(18-2)13(16)9-11)15(10-17)6-4-5-7-15/h8-9H,3-7,10,17H2,1-2H3. The fraction of sp³-hybridized carbons (Fsp3) is 0.600. The molecule has 100 valence electrons. The highest BCUT2D eigenvalue weighted by atomic mass is 19.1. The molecule has 1 saturated carbocycles. The Morgan fingerprint density at radius 3 is 2.50 bits per heavy atom. The second-order valence-electron chi connectivity index (χ2n) is 5.20. The largest absolute Gasteiger partial charge is 0.493 e. The molecule has 0 saturated heterocycles. The lowest BCUT2D eigenvalue weighted by atomic mass is 9.77. The van der Waals surface area contributed by atoms with E-state index in [0.717, 1.165) is 30.4 Å². The molecule has 0 aliphatic heterocycles. The first-order valence-electron chi connectivity index (χ1n) is 6.74. The van der Waals surface area contributed by atoms with Crippen LogP contribution in [0.5, 0.6) is 5.75 Å². The van der Waals surface area contributed by atoms with Crippen LogP contribution in [0.25, 0.3) is 0 Å². The highest BCUT2D eigenvalue weighted by molar-refractivity contribution is 5.45. The average molecular weight is 251 g/mol. The van der Waals surface area contributed by atoms with Crippen LogP contribution in [0.15, 0.2) is 12.1 Å². The van der Waals surface area contributed by atoms with Gasteiger partial charge >= 0.3 is 0 Å². The molecule has 1 aromatic carbocycles. The number of halogens is 1. The molecule has 1 fully saturated rings. The fourth-order valence-electron chi connectivity index (χ4n) is 3.09. The molecule has 0 heterocycles. The normalized spacial score (nSPS) is 18.0. The molecule has 2 rings (SSSR count). The van der Waals surface area contributed by atoms with E-state index < -0.39 is 0 Å². The van der Waals surface area contributed by atoms with Gasteiger partial charge in [0, 0.05) is 17.5 Å². The number of hydrogen-bond donors (Lipinski definition) is 1. The summed E-state index contributed by atoms with van der Waals surface area (Å²) in [6, 6.07) is 3.65. The minimum atomic E-state index is -0.258. The Hall–Kier alpha value is -1.09. The lowest BCUT2D eigenvalue weighted by Crippen LogP contribution is -2.32. The van der Waals surface area contributed by atoms with E-state index in [2.05, 4.69) is 6.07 Å². The summed E-state index contributed by atoms with van der Waals surface area (Å²) in [5.74, 6) is 0.131. The zero-order valence-corrected chi connectivity index (χ0v) is 11.3. The lowest BCUT2D eigenvalue weighted by Gasteiger charge is -2.30. The third-order valence-corrected chi connectivity index (χ3v) is 4.24. The minimum Gasteiger partial charge on any atom is -0.493 e. The van der Waals surface area contributed by atoms with Crippen LogP contribution in [-0.2, 0) is 11.8 Å². The molecule has 0 amide bonds. The molecule has 1 aromatic rings. The average Bonchev–Trinajstić information content (AvgIpc) is 2.87. The zero-order valence-electron chi connectivity index (χ0n) is 11.3. The lowest BCUT2D eigenvalue weighted by molar-refractivity contribution is 0.355. The molecule has 0 spiro atoms. The van der Waals surface area contributed by atoms with Gasteiger partial charge in [0.1, 0.15) is 0 Å². The second kappa shape index (κ2) is 5.27. The molecule has 0 bridgehead atoms. The van der Waals surface area contributed by atoms with E-state index in [1.807, 2.05) is 6.92 Å². The Bertz CT molecular complexity index is 425. The second-order valence-corrected chi connectivity index (χ2v) is 5.20. The number of aryl methyl sites for hydroxylation is 1. The van der Waals surface area contributed by atoms with E-state index in [0.29, 0.717) is 12.3 Å². The van der Waals surface area contributed by atoms with Crippen LogP contribution in [0.3, 0.4) is 0 Å². The van der Waals surface area contributed by atoms with Gasteiger partial charge in [0.05, 0.1) is 7.11 Å². The van der Waals surface area contributed by atoms with Crippen LogP contribution in [0.2, 0.25) is 0 Å². The number of rotatable bonds is 4. The number of methoxy groups -OCH3 is 1. The SMILES string of the molecule is CCc1cc(F)c(OC)c(C2(CN)CCCC2)c1. The van der Waals surface area contributed by atoms with E-state index in [9.17, 15) is 4.39 Å². The van der Waals surface area contributed by atoms with Gasteiger partial charge in [-0.1, -0.05) is 25.8 Å². The summed E-state index contributed by atoms with van der Waals surface area (Å²) >= 11 is 0. The highest BCUT2D eigenvalue weighted by Crippen LogP contribution is 2.45. The molecule has 18 heavy (non-hydrogen) atoms. The summed E-state index contributed by atoms with van der Waals surface area (Å²) in [4.78, 5) is 0. The first kappa shape index (κ1) is 13.3. The van der Waals surface area contributed by atoms with Gasteiger partial charge in [-0.05, 0) is 30.9 Å². The molecule has 1 aliphatic rings. The number of ether oxygens (including phenoxy) is 1. The van der Waals surface area contributed by atoms with Crippen LogP contribution in [0.1, 0.15) is 43.7 Å².